The average molecular weight is 285 g/mol. The van der Waals surface area contributed by atoms with Crippen LogP contribution in [0.5, 0.6) is 5.75 Å². The van der Waals surface area contributed by atoms with Gasteiger partial charge in [-0.3, -0.25) is 0 Å². The predicted octanol–water partition coefficient (Wildman–Crippen LogP) is 5.35. The van der Waals surface area contributed by atoms with Gasteiger partial charge in [-0.1, -0.05) is 38.0 Å². The van der Waals surface area contributed by atoms with Gasteiger partial charge < -0.3 is 4.74 Å². The Morgan fingerprint density at radius 3 is 2.57 bits per heavy atom. The van der Waals surface area contributed by atoms with Crippen molar-refractivity contribution in [3.63, 3.8) is 0 Å². The Balaban J connectivity index is 1.72. The molecule has 0 radical (unpaired) electrons. The van der Waals surface area contributed by atoms with Crippen molar-refractivity contribution in [3.05, 3.63) is 30.3 Å². The Morgan fingerprint density at radius 1 is 1.24 bits per heavy atom. The molecule has 1 fully saturated rings. The molecular weight excluding hydrogens is 258 g/mol. The van der Waals surface area contributed by atoms with Gasteiger partial charge >= 0.3 is 0 Å². The number of nitrogens with zero attached hydrogens (tertiary/aromatic N) is 1. The molecule has 1 saturated carbocycles. The molecule has 0 unspecified atom stereocenters. The smallest absolute Gasteiger partial charge is 0.119 e. The zero-order chi connectivity index (χ0) is 15.0. The SMILES string of the molecule is CCCC1CCC(C#N)(CCCOc2ccccc2)CC1. The van der Waals surface area contributed by atoms with Crippen molar-refractivity contribution in [3.8, 4) is 11.8 Å². The van der Waals surface area contributed by atoms with E-state index in [9.17, 15) is 5.26 Å². The lowest BCUT2D eigenvalue weighted by atomic mass is 9.68. The van der Waals surface area contributed by atoms with Gasteiger partial charge in [0.2, 0.25) is 0 Å². The molecule has 2 nitrogen and oxygen atoms in total. The number of nitriles is 1. The van der Waals surface area contributed by atoms with Gasteiger partial charge in [-0.05, 0) is 56.6 Å². The maximum absolute atomic E-state index is 9.58. The minimum atomic E-state index is -0.0791. The van der Waals surface area contributed by atoms with E-state index in [4.69, 9.17) is 4.74 Å². The van der Waals surface area contributed by atoms with Crippen molar-refractivity contribution in [1.29, 1.82) is 5.26 Å². The van der Waals surface area contributed by atoms with Gasteiger partial charge in [0.25, 0.3) is 0 Å². The standard InChI is InChI=1S/C19H27NO/c1-2-7-17-10-13-19(16-20,14-11-17)12-6-15-21-18-8-4-3-5-9-18/h3-5,8-9,17H,2,6-7,10-15H2,1H3. The lowest BCUT2D eigenvalue weighted by molar-refractivity contribution is 0.175. The van der Waals surface area contributed by atoms with E-state index in [0.717, 1.165) is 37.4 Å². The summed E-state index contributed by atoms with van der Waals surface area (Å²) in [6.45, 7) is 2.97. The van der Waals surface area contributed by atoms with Crippen LogP contribution in [0.1, 0.15) is 58.3 Å². The third kappa shape index (κ3) is 4.77. The second-order valence-corrected chi connectivity index (χ2v) is 6.39. The Labute approximate surface area is 129 Å². The van der Waals surface area contributed by atoms with E-state index in [1.54, 1.807) is 0 Å². The molecule has 0 aromatic heterocycles. The Hall–Kier alpha value is -1.49. The van der Waals surface area contributed by atoms with Crippen LogP contribution in [-0.4, -0.2) is 6.61 Å². The molecule has 0 spiro atoms. The van der Waals surface area contributed by atoms with E-state index in [0.29, 0.717) is 6.61 Å². The number of rotatable bonds is 7. The van der Waals surface area contributed by atoms with Crippen LogP contribution in [0.15, 0.2) is 30.3 Å². The molecular formula is C19H27NO. The van der Waals surface area contributed by atoms with Crippen LogP contribution in [-0.2, 0) is 0 Å². The molecule has 0 heterocycles. The van der Waals surface area contributed by atoms with Gasteiger partial charge in [0.1, 0.15) is 5.75 Å². The zero-order valence-corrected chi connectivity index (χ0v) is 13.2. The molecule has 21 heavy (non-hydrogen) atoms. The third-order valence-electron chi connectivity index (χ3n) is 4.81. The van der Waals surface area contributed by atoms with E-state index < -0.39 is 0 Å². The largest absolute Gasteiger partial charge is 0.494 e. The summed E-state index contributed by atoms with van der Waals surface area (Å²) < 4.78 is 5.74. The first-order valence-electron chi connectivity index (χ1n) is 8.37. The van der Waals surface area contributed by atoms with Crippen molar-refractivity contribution >= 4 is 0 Å². The maximum atomic E-state index is 9.58. The van der Waals surface area contributed by atoms with Crippen molar-refractivity contribution in [2.24, 2.45) is 11.3 Å². The number of para-hydroxylation sites is 1. The van der Waals surface area contributed by atoms with E-state index in [1.807, 2.05) is 30.3 Å². The minimum absolute atomic E-state index is 0.0791. The fourth-order valence-electron chi connectivity index (χ4n) is 3.46. The lowest BCUT2D eigenvalue weighted by Gasteiger charge is -2.35. The molecule has 0 saturated heterocycles. The quantitative estimate of drug-likeness (QED) is 0.633. The van der Waals surface area contributed by atoms with Crippen molar-refractivity contribution in [2.75, 3.05) is 6.61 Å². The Bertz CT molecular complexity index is 440. The van der Waals surface area contributed by atoms with Crippen molar-refractivity contribution < 1.29 is 4.74 Å². The molecule has 0 aliphatic heterocycles. The first-order valence-corrected chi connectivity index (χ1v) is 8.37. The molecule has 114 valence electrons. The van der Waals surface area contributed by atoms with Crippen LogP contribution < -0.4 is 4.74 Å². The van der Waals surface area contributed by atoms with Gasteiger partial charge in [0, 0.05) is 0 Å². The third-order valence-corrected chi connectivity index (χ3v) is 4.81. The van der Waals surface area contributed by atoms with Crippen LogP contribution in [0.4, 0.5) is 0 Å². The first kappa shape index (κ1) is 15.9. The Kier molecular flexibility index (Phi) is 6.11. The summed E-state index contributed by atoms with van der Waals surface area (Å²) in [6, 6.07) is 12.6. The summed E-state index contributed by atoms with van der Waals surface area (Å²) in [6.07, 6.45) is 9.20. The van der Waals surface area contributed by atoms with E-state index in [-0.39, 0.29) is 5.41 Å². The highest BCUT2D eigenvalue weighted by Crippen LogP contribution is 2.43. The van der Waals surface area contributed by atoms with Gasteiger partial charge in [-0.25, -0.2) is 0 Å². The fraction of sp³-hybridized carbons (Fsp3) is 0.632. The molecule has 0 bridgehead atoms. The van der Waals surface area contributed by atoms with Gasteiger partial charge in [0.15, 0.2) is 0 Å². The minimum Gasteiger partial charge on any atom is -0.494 e. The second kappa shape index (κ2) is 8.08. The molecule has 1 aliphatic carbocycles. The zero-order valence-electron chi connectivity index (χ0n) is 13.2. The number of ether oxygens (including phenoxy) is 1. The number of benzene rings is 1. The molecule has 1 aromatic carbocycles. The van der Waals surface area contributed by atoms with Gasteiger partial charge in [-0.2, -0.15) is 5.26 Å². The second-order valence-electron chi connectivity index (χ2n) is 6.39. The topological polar surface area (TPSA) is 33.0 Å². The lowest BCUT2D eigenvalue weighted by Crippen LogP contribution is -2.26. The van der Waals surface area contributed by atoms with Crippen LogP contribution in [0.3, 0.4) is 0 Å². The normalized spacial score (nSPS) is 25.2. The number of hydrogen-bond donors (Lipinski definition) is 0. The molecule has 1 aliphatic rings. The molecule has 2 heteroatoms. The van der Waals surface area contributed by atoms with Crippen LogP contribution in [0, 0.1) is 22.7 Å². The summed E-state index contributed by atoms with van der Waals surface area (Å²) >= 11 is 0. The summed E-state index contributed by atoms with van der Waals surface area (Å²) in [5, 5.41) is 9.58. The van der Waals surface area contributed by atoms with E-state index >= 15 is 0 Å². The molecule has 1 aromatic rings. The molecule has 0 amide bonds. The van der Waals surface area contributed by atoms with E-state index in [1.165, 1.54) is 25.7 Å². The molecule has 0 N–H and O–H groups in total. The monoisotopic (exact) mass is 285 g/mol. The van der Waals surface area contributed by atoms with E-state index in [2.05, 4.69) is 13.0 Å². The van der Waals surface area contributed by atoms with Crippen LogP contribution in [0.25, 0.3) is 0 Å². The highest BCUT2D eigenvalue weighted by Gasteiger charge is 2.34. The predicted molar refractivity (Wildman–Crippen MR) is 86.1 cm³/mol. The summed E-state index contributed by atoms with van der Waals surface area (Å²) in [5.41, 5.74) is -0.0791. The van der Waals surface area contributed by atoms with Crippen molar-refractivity contribution in [2.45, 2.75) is 58.3 Å². The first-order chi connectivity index (χ1) is 10.3. The molecule has 2 rings (SSSR count). The molecule has 0 atom stereocenters. The average Bonchev–Trinajstić information content (AvgIpc) is 2.55. The number of hydrogen-bond acceptors (Lipinski definition) is 2. The Morgan fingerprint density at radius 2 is 1.95 bits per heavy atom. The summed E-state index contributed by atoms with van der Waals surface area (Å²) in [7, 11) is 0. The highest BCUT2D eigenvalue weighted by molar-refractivity contribution is 5.20. The van der Waals surface area contributed by atoms with Crippen molar-refractivity contribution in [1.82, 2.24) is 0 Å². The van der Waals surface area contributed by atoms with Crippen LogP contribution >= 0.6 is 0 Å². The summed E-state index contributed by atoms with van der Waals surface area (Å²) in [4.78, 5) is 0. The maximum Gasteiger partial charge on any atom is 0.119 e. The van der Waals surface area contributed by atoms with Crippen LogP contribution in [0.2, 0.25) is 0 Å². The highest BCUT2D eigenvalue weighted by atomic mass is 16.5. The fourth-order valence-corrected chi connectivity index (χ4v) is 3.46. The van der Waals surface area contributed by atoms with Gasteiger partial charge in [-0.15, -0.1) is 0 Å². The van der Waals surface area contributed by atoms with Gasteiger partial charge in [0.05, 0.1) is 18.1 Å². The summed E-state index contributed by atoms with van der Waals surface area (Å²) in [5.74, 6) is 1.78.